The third-order valence-corrected chi connectivity index (χ3v) is 3.34. The maximum Gasteiger partial charge on any atom is 0.253 e. The van der Waals surface area contributed by atoms with E-state index in [1.165, 1.54) is 0 Å². The lowest BCUT2D eigenvalue weighted by Gasteiger charge is -2.13. The molecule has 102 valence electrons. The van der Waals surface area contributed by atoms with Gasteiger partial charge < -0.3 is 21.0 Å². The van der Waals surface area contributed by atoms with Gasteiger partial charge >= 0.3 is 0 Å². The summed E-state index contributed by atoms with van der Waals surface area (Å²) >= 11 is 3.30. The van der Waals surface area contributed by atoms with Gasteiger partial charge in [-0.25, -0.2) is 0 Å². The van der Waals surface area contributed by atoms with E-state index in [2.05, 4.69) is 26.4 Å². The smallest absolute Gasteiger partial charge is 0.253 e. The topological polar surface area (TPSA) is 96.9 Å². The first-order chi connectivity index (χ1) is 9.11. The van der Waals surface area contributed by atoms with Crippen LogP contribution in [0.2, 0.25) is 0 Å². The first-order valence-corrected chi connectivity index (χ1v) is 6.61. The molecule has 19 heavy (non-hydrogen) atoms. The van der Waals surface area contributed by atoms with Crippen molar-refractivity contribution in [3.05, 3.63) is 28.2 Å². The van der Waals surface area contributed by atoms with Crippen molar-refractivity contribution in [2.75, 3.05) is 11.9 Å². The Morgan fingerprint density at radius 3 is 3.00 bits per heavy atom. The molecule has 4 N–H and O–H groups in total. The zero-order valence-corrected chi connectivity index (χ0v) is 11.7. The zero-order chi connectivity index (χ0) is 13.8. The Morgan fingerprint density at radius 1 is 1.58 bits per heavy atom. The van der Waals surface area contributed by atoms with Crippen LogP contribution >= 0.6 is 15.9 Å². The molecule has 1 aromatic rings. The van der Waals surface area contributed by atoms with Crippen LogP contribution in [0.5, 0.6) is 0 Å². The molecule has 6 nitrogen and oxygen atoms in total. The molecule has 0 radical (unpaired) electrons. The van der Waals surface area contributed by atoms with Crippen LogP contribution in [-0.4, -0.2) is 29.7 Å². The van der Waals surface area contributed by atoms with E-state index in [1.807, 2.05) is 0 Å². The van der Waals surface area contributed by atoms with Crippen molar-refractivity contribution in [1.29, 1.82) is 0 Å². The Bertz CT molecular complexity index is 513. The number of benzene rings is 1. The molecule has 1 amide bonds. The molecule has 1 unspecified atom stereocenters. The van der Waals surface area contributed by atoms with E-state index in [0.29, 0.717) is 24.3 Å². The number of nitrogens with two attached hydrogens (primary N) is 1. The lowest BCUT2D eigenvalue weighted by Crippen LogP contribution is -2.28. The number of ether oxygens (including phenoxy) is 1. The Labute approximate surface area is 118 Å². The molecular formula is C12H14BrN3O3. The van der Waals surface area contributed by atoms with Crippen LogP contribution in [0.25, 0.3) is 0 Å². The highest BCUT2D eigenvalue weighted by Gasteiger charge is 2.24. The summed E-state index contributed by atoms with van der Waals surface area (Å²) in [5, 5.41) is 14.5. The van der Waals surface area contributed by atoms with E-state index in [4.69, 9.17) is 15.7 Å². The molecule has 1 aromatic carbocycles. The van der Waals surface area contributed by atoms with Crippen molar-refractivity contribution in [3.63, 3.8) is 0 Å². The van der Waals surface area contributed by atoms with E-state index < -0.39 is 6.10 Å². The van der Waals surface area contributed by atoms with Crippen molar-refractivity contribution in [2.24, 2.45) is 10.9 Å². The lowest BCUT2D eigenvalue weighted by molar-refractivity contribution is -0.124. The molecule has 1 fully saturated rings. The van der Waals surface area contributed by atoms with Crippen LogP contribution in [0.4, 0.5) is 5.69 Å². The summed E-state index contributed by atoms with van der Waals surface area (Å²) in [5.41, 5.74) is 6.52. The SMILES string of the molecule is N/C(=N/O)c1cc(Br)ccc1NC(=O)C1CCCO1. The summed E-state index contributed by atoms with van der Waals surface area (Å²) in [4.78, 5) is 12.0. The van der Waals surface area contributed by atoms with Crippen molar-refractivity contribution in [3.8, 4) is 0 Å². The molecule has 1 heterocycles. The average Bonchev–Trinajstić information content (AvgIpc) is 2.94. The number of hydrogen-bond donors (Lipinski definition) is 3. The minimum absolute atomic E-state index is 0.0658. The monoisotopic (exact) mass is 327 g/mol. The van der Waals surface area contributed by atoms with Gasteiger partial charge in [-0.15, -0.1) is 0 Å². The van der Waals surface area contributed by atoms with Crippen LogP contribution in [0.1, 0.15) is 18.4 Å². The van der Waals surface area contributed by atoms with Crippen molar-refractivity contribution >= 4 is 33.4 Å². The summed E-state index contributed by atoms with van der Waals surface area (Å²) < 4.78 is 6.07. The molecule has 0 aliphatic carbocycles. The standard InChI is InChI=1S/C12H14BrN3O3/c13-7-3-4-9(8(6-7)11(14)16-18)15-12(17)10-2-1-5-19-10/h3-4,6,10,18H,1-2,5H2,(H2,14,16)(H,15,17). The van der Waals surface area contributed by atoms with Crippen LogP contribution in [0.15, 0.2) is 27.8 Å². The number of hydrogen-bond acceptors (Lipinski definition) is 4. The number of halogens is 1. The minimum atomic E-state index is -0.427. The third-order valence-electron chi connectivity index (χ3n) is 2.85. The van der Waals surface area contributed by atoms with Gasteiger partial charge in [0.2, 0.25) is 0 Å². The van der Waals surface area contributed by atoms with Crippen LogP contribution in [0.3, 0.4) is 0 Å². The van der Waals surface area contributed by atoms with Gasteiger partial charge in [-0.05, 0) is 31.0 Å². The maximum atomic E-state index is 12.0. The number of anilines is 1. The molecule has 0 aromatic heterocycles. The van der Waals surface area contributed by atoms with Gasteiger partial charge in [0.1, 0.15) is 6.10 Å². The molecule has 1 aliphatic rings. The largest absolute Gasteiger partial charge is 0.409 e. The lowest BCUT2D eigenvalue weighted by atomic mass is 10.1. The third kappa shape index (κ3) is 3.24. The maximum absolute atomic E-state index is 12.0. The van der Waals surface area contributed by atoms with E-state index in [-0.39, 0.29) is 11.7 Å². The Kier molecular flexibility index (Phi) is 4.39. The number of nitrogens with zero attached hydrogens (tertiary/aromatic N) is 1. The van der Waals surface area contributed by atoms with Gasteiger partial charge in [0.25, 0.3) is 5.91 Å². The number of carbonyl (C=O) groups excluding carboxylic acids is 1. The Morgan fingerprint density at radius 2 is 2.37 bits per heavy atom. The molecular weight excluding hydrogens is 314 g/mol. The van der Waals surface area contributed by atoms with E-state index in [1.54, 1.807) is 18.2 Å². The first kappa shape index (κ1) is 13.8. The highest BCUT2D eigenvalue weighted by molar-refractivity contribution is 9.10. The average molecular weight is 328 g/mol. The van der Waals surface area contributed by atoms with Crippen molar-refractivity contribution in [1.82, 2.24) is 0 Å². The Hall–Kier alpha value is -1.60. The predicted molar refractivity (Wildman–Crippen MR) is 74.3 cm³/mol. The van der Waals surface area contributed by atoms with E-state index in [9.17, 15) is 4.79 Å². The van der Waals surface area contributed by atoms with Crippen molar-refractivity contribution < 1.29 is 14.7 Å². The molecule has 1 saturated heterocycles. The minimum Gasteiger partial charge on any atom is -0.409 e. The summed E-state index contributed by atoms with van der Waals surface area (Å²) in [6.45, 7) is 0.603. The normalized spacial score (nSPS) is 19.4. The fraction of sp³-hybridized carbons (Fsp3) is 0.333. The van der Waals surface area contributed by atoms with Crippen LogP contribution < -0.4 is 11.1 Å². The van der Waals surface area contributed by atoms with Gasteiger partial charge in [-0.3, -0.25) is 4.79 Å². The highest BCUT2D eigenvalue weighted by atomic mass is 79.9. The van der Waals surface area contributed by atoms with Gasteiger partial charge in [-0.1, -0.05) is 21.1 Å². The molecule has 2 rings (SSSR count). The number of rotatable bonds is 3. The van der Waals surface area contributed by atoms with E-state index in [0.717, 1.165) is 10.9 Å². The fourth-order valence-electron chi connectivity index (χ4n) is 1.89. The molecule has 7 heteroatoms. The van der Waals surface area contributed by atoms with Crippen molar-refractivity contribution in [2.45, 2.75) is 18.9 Å². The van der Waals surface area contributed by atoms with Crippen LogP contribution in [0, 0.1) is 0 Å². The second-order valence-electron chi connectivity index (χ2n) is 4.17. The quantitative estimate of drug-likeness (QED) is 0.340. The summed E-state index contributed by atoms with van der Waals surface area (Å²) in [6.07, 6.45) is 1.16. The second-order valence-corrected chi connectivity index (χ2v) is 5.08. The number of amides is 1. The second kappa shape index (κ2) is 6.03. The summed E-state index contributed by atoms with van der Waals surface area (Å²) in [5.74, 6) is -0.282. The first-order valence-electron chi connectivity index (χ1n) is 5.81. The number of amidine groups is 1. The van der Waals surface area contributed by atoms with Crippen LogP contribution in [-0.2, 0) is 9.53 Å². The zero-order valence-electron chi connectivity index (χ0n) is 10.1. The fourth-order valence-corrected chi connectivity index (χ4v) is 2.25. The molecule has 1 atom stereocenters. The molecule has 0 bridgehead atoms. The Balaban J connectivity index is 2.21. The van der Waals surface area contributed by atoms with Gasteiger partial charge in [-0.2, -0.15) is 0 Å². The number of carbonyl (C=O) groups is 1. The van der Waals surface area contributed by atoms with E-state index >= 15 is 0 Å². The number of nitrogens with one attached hydrogen (secondary N) is 1. The summed E-state index contributed by atoms with van der Waals surface area (Å²) in [6, 6.07) is 5.11. The highest BCUT2D eigenvalue weighted by Crippen LogP contribution is 2.22. The van der Waals surface area contributed by atoms with Gasteiger partial charge in [0.05, 0.1) is 5.69 Å². The van der Waals surface area contributed by atoms with Gasteiger partial charge in [0, 0.05) is 16.6 Å². The van der Waals surface area contributed by atoms with Gasteiger partial charge in [0.15, 0.2) is 5.84 Å². The number of oxime groups is 1. The summed E-state index contributed by atoms with van der Waals surface area (Å²) in [7, 11) is 0. The molecule has 1 aliphatic heterocycles. The predicted octanol–water partition coefficient (Wildman–Crippen LogP) is 1.66. The molecule has 0 saturated carbocycles. The molecule has 0 spiro atoms.